The maximum absolute atomic E-state index is 13.8. The molecule has 0 radical (unpaired) electrons. The molecule has 0 unspecified atom stereocenters. The van der Waals surface area contributed by atoms with E-state index in [4.69, 9.17) is 0 Å². The van der Waals surface area contributed by atoms with Crippen molar-refractivity contribution < 1.29 is 4.39 Å². The molecule has 1 atom stereocenters. The SMILES string of the molecule is Cn1cnnc1[C@@H]1CCCN(c2cccc(F)c2C#N)C1. The minimum absolute atomic E-state index is 0.121. The van der Waals surface area contributed by atoms with Crippen LogP contribution in [0.15, 0.2) is 24.5 Å². The van der Waals surface area contributed by atoms with Crippen LogP contribution in [0.25, 0.3) is 0 Å². The molecule has 1 aliphatic heterocycles. The van der Waals surface area contributed by atoms with Crippen LogP contribution in [-0.4, -0.2) is 27.9 Å². The van der Waals surface area contributed by atoms with Gasteiger partial charge in [0.15, 0.2) is 0 Å². The second kappa shape index (κ2) is 5.52. The van der Waals surface area contributed by atoms with E-state index in [-0.39, 0.29) is 11.5 Å². The Kier molecular flexibility index (Phi) is 3.57. The highest BCUT2D eigenvalue weighted by Crippen LogP contribution is 2.31. The van der Waals surface area contributed by atoms with Gasteiger partial charge in [-0.2, -0.15) is 5.26 Å². The van der Waals surface area contributed by atoms with Crippen molar-refractivity contribution >= 4 is 5.69 Å². The largest absolute Gasteiger partial charge is 0.370 e. The van der Waals surface area contributed by atoms with E-state index in [1.807, 2.05) is 17.7 Å². The first-order valence-corrected chi connectivity index (χ1v) is 6.98. The zero-order valence-electron chi connectivity index (χ0n) is 11.8. The number of aryl methyl sites for hydroxylation is 1. The number of hydrogen-bond donors (Lipinski definition) is 0. The van der Waals surface area contributed by atoms with E-state index in [9.17, 15) is 9.65 Å². The zero-order chi connectivity index (χ0) is 14.8. The predicted octanol–water partition coefficient (Wildman–Crippen LogP) is 2.21. The summed E-state index contributed by atoms with van der Waals surface area (Å²) in [6.45, 7) is 1.55. The van der Waals surface area contributed by atoms with Crippen LogP contribution in [0.1, 0.15) is 30.1 Å². The fraction of sp³-hybridized carbons (Fsp3) is 0.400. The molecule has 1 fully saturated rings. The standard InChI is InChI=1S/C15H16FN5/c1-20-10-18-19-15(20)11-4-3-7-21(9-11)14-6-2-5-13(16)12(14)8-17/h2,5-6,10-11H,3-4,7,9H2,1H3/t11-/m1/s1. The maximum Gasteiger partial charge on any atom is 0.143 e. The van der Waals surface area contributed by atoms with E-state index < -0.39 is 5.82 Å². The summed E-state index contributed by atoms with van der Waals surface area (Å²) in [6, 6.07) is 6.75. The summed E-state index contributed by atoms with van der Waals surface area (Å²) in [5.41, 5.74) is 0.792. The molecule has 2 heterocycles. The Morgan fingerprint density at radius 1 is 1.43 bits per heavy atom. The van der Waals surface area contributed by atoms with Gasteiger partial charge in [-0.15, -0.1) is 10.2 Å². The smallest absolute Gasteiger partial charge is 0.143 e. The van der Waals surface area contributed by atoms with Crippen LogP contribution in [0.2, 0.25) is 0 Å². The molecule has 21 heavy (non-hydrogen) atoms. The minimum atomic E-state index is -0.462. The van der Waals surface area contributed by atoms with Crippen molar-refractivity contribution in [2.45, 2.75) is 18.8 Å². The summed E-state index contributed by atoms with van der Waals surface area (Å²) >= 11 is 0. The number of benzene rings is 1. The van der Waals surface area contributed by atoms with Crippen molar-refractivity contribution in [1.29, 1.82) is 5.26 Å². The number of halogens is 1. The normalized spacial score (nSPS) is 18.5. The fourth-order valence-corrected chi connectivity index (χ4v) is 2.96. The molecule has 1 aromatic heterocycles. The molecule has 3 rings (SSSR count). The fourth-order valence-electron chi connectivity index (χ4n) is 2.96. The maximum atomic E-state index is 13.8. The van der Waals surface area contributed by atoms with Crippen LogP contribution in [0.5, 0.6) is 0 Å². The first-order chi connectivity index (χ1) is 10.2. The van der Waals surface area contributed by atoms with Crippen LogP contribution in [0.3, 0.4) is 0 Å². The van der Waals surface area contributed by atoms with E-state index in [1.54, 1.807) is 18.5 Å². The summed E-state index contributed by atoms with van der Waals surface area (Å²) < 4.78 is 15.7. The van der Waals surface area contributed by atoms with Crippen molar-refractivity contribution in [2.75, 3.05) is 18.0 Å². The van der Waals surface area contributed by atoms with Gasteiger partial charge < -0.3 is 9.47 Å². The average Bonchev–Trinajstić information content (AvgIpc) is 2.93. The number of piperidine rings is 1. The molecule has 1 saturated heterocycles. The molecular formula is C15H16FN5. The molecular weight excluding hydrogens is 269 g/mol. The molecule has 1 aromatic carbocycles. The lowest BCUT2D eigenvalue weighted by atomic mass is 9.96. The number of aromatic nitrogens is 3. The lowest BCUT2D eigenvalue weighted by Gasteiger charge is -2.34. The van der Waals surface area contributed by atoms with Gasteiger partial charge in [0.2, 0.25) is 0 Å². The van der Waals surface area contributed by atoms with E-state index >= 15 is 0 Å². The average molecular weight is 285 g/mol. The predicted molar refractivity (Wildman–Crippen MR) is 76.3 cm³/mol. The van der Waals surface area contributed by atoms with Gasteiger partial charge in [-0.1, -0.05) is 6.07 Å². The first kappa shape index (κ1) is 13.6. The van der Waals surface area contributed by atoms with E-state index in [0.29, 0.717) is 5.69 Å². The molecule has 0 saturated carbocycles. The summed E-state index contributed by atoms with van der Waals surface area (Å²) in [4.78, 5) is 2.07. The van der Waals surface area contributed by atoms with Gasteiger partial charge in [-0.25, -0.2) is 4.39 Å². The monoisotopic (exact) mass is 285 g/mol. The molecule has 0 N–H and O–H groups in total. The number of nitriles is 1. The Morgan fingerprint density at radius 2 is 2.29 bits per heavy atom. The highest BCUT2D eigenvalue weighted by molar-refractivity contribution is 5.60. The quantitative estimate of drug-likeness (QED) is 0.849. The van der Waals surface area contributed by atoms with Crippen LogP contribution in [0, 0.1) is 17.1 Å². The summed E-state index contributed by atoms with van der Waals surface area (Å²) in [7, 11) is 1.93. The van der Waals surface area contributed by atoms with Crippen LogP contribution < -0.4 is 4.90 Å². The number of anilines is 1. The summed E-state index contributed by atoms with van der Waals surface area (Å²) in [5.74, 6) is 0.728. The molecule has 108 valence electrons. The van der Waals surface area contributed by atoms with E-state index in [0.717, 1.165) is 31.8 Å². The Hall–Kier alpha value is -2.42. The molecule has 1 aliphatic rings. The van der Waals surface area contributed by atoms with Crippen molar-refractivity contribution in [2.24, 2.45) is 7.05 Å². The van der Waals surface area contributed by atoms with E-state index in [1.165, 1.54) is 6.07 Å². The van der Waals surface area contributed by atoms with Crippen molar-refractivity contribution in [1.82, 2.24) is 14.8 Å². The summed E-state index contributed by atoms with van der Waals surface area (Å²) in [5, 5.41) is 17.3. The zero-order valence-corrected chi connectivity index (χ0v) is 11.8. The molecule has 0 spiro atoms. The highest BCUT2D eigenvalue weighted by atomic mass is 19.1. The first-order valence-electron chi connectivity index (χ1n) is 6.98. The third-order valence-electron chi connectivity index (χ3n) is 3.98. The molecule has 0 aliphatic carbocycles. The number of hydrogen-bond acceptors (Lipinski definition) is 4. The third kappa shape index (κ3) is 2.47. The van der Waals surface area contributed by atoms with Gasteiger partial charge >= 0.3 is 0 Å². The van der Waals surface area contributed by atoms with Crippen molar-refractivity contribution in [3.05, 3.63) is 41.7 Å². The molecule has 0 amide bonds. The number of nitrogens with zero attached hydrogens (tertiary/aromatic N) is 5. The molecule has 2 aromatic rings. The highest BCUT2D eigenvalue weighted by Gasteiger charge is 2.26. The van der Waals surface area contributed by atoms with Gasteiger partial charge in [-0.05, 0) is 25.0 Å². The lowest BCUT2D eigenvalue weighted by Crippen LogP contribution is -2.35. The second-order valence-corrected chi connectivity index (χ2v) is 5.33. The molecule has 6 heteroatoms. The molecule has 0 bridgehead atoms. The minimum Gasteiger partial charge on any atom is -0.370 e. The van der Waals surface area contributed by atoms with Crippen LogP contribution >= 0.6 is 0 Å². The topological polar surface area (TPSA) is 57.7 Å². The van der Waals surface area contributed by atoms with Crippen molar-refractivity contribution in [3.8, 4) is 6.07 Å². The Balaban J connectivity index is 1.89. The van der Waals surface area contributed by atoms with Crippen LogP contribution in [-0.2, 0) is 7.05 Å². The number of rotatable bonds is 2. The Bertz CT molecular complexity index is 688. The second-order valence-electron chi connectivity index (χ2n) is 5.33. The van der Waals surface area contributed by atoms with Gasteiger partial charge in [0.25, 0.3) is 0 Å². The van der Waals surface area contributed by atoms with E-state index in [2.05, 4.69) is 15.1 Å². The van der Waals surface area contributed by atoms with Crippen molar-refractivity contribution in [3.63, 3.8) is 0 Å². The lowest BCUT2D eigenvalue weighted by molar-refractivity contribution is 0.479. The Labute approximate surface area is 122 Å². The third-order valence-corrected chi connectivity index (χ3v) is 3.98. The summed E-state index contributed by atoms with van der Waals surface area (Å²) in [6.07, 6.45) is 3.70. The Morgan fingerprint density at radius 3 is 3.00 bits per heavy atom. The van der Waals surface area contributed by atoms with Gasteiger partial charge in [0, 0.05) is 26.1 Å². The molecule has 5 nitrogen and oxygen atoms in total. The van der Waals surface area contributed by atoms with Crippen LogP contribution in [0.4, 0.5) is 10.1 Å². The van der Waals surface area contributed by atoms with Gasteiger partial charge in [0.05, 0.1) is 5.69 Å². The van der Waals surface area contributed by atoms with Gasteiger partial charge in [0.1, 0.15) is 29.6 Å². The van der Waals surface area contributed by atoms with Gasteiger partial charge in [-0.3, -0.25) is 0 Å².